The van der Waals surface area contributed by atoms with Crippen molar-refractivity contribution in [1.82, 2.24) is 15.5 Å². The first kappa shape index (κ1) is 11.4. The van der Waals surface area contributed by atoms with Gasteiger partial charge in [-0.15, -0.1) is 0 Å². The number of ether oxygens (including phenoxy) is 1. The third kappa shape index (κ3) is 3.26. The van der Waals surface area contributed by atoms with E-state index in [1.165, 1.54) is 0 Å². The number of methoxy groups -OCH3 is 1. The van der Waals surface area contributed by atoms with Crippen molar-refractivity contribution in [3.05, 3.63) is 15.5 Å². The van der Waals surface area contributed by atoms with Gasteiger partial charge < -0.3 is 10.1 Å². The number of aromatic nitrogens is 2. The van der Waals surface area contributed by atoms with Crippen molar-refractivity contribution in [2.45, 2.75) is 6.42 Å². The number of rotatable bonds is 5. The molecule has 1 rings (SSSR count). The number of amides is 1. The van der Waals surface area contributed by atoms with Crippen LogP contribution in [0.15, 0.2) is 6.20 Å². The predicted octanol–water partition coefficient (Wildman–Crippen LogP) is 0.781. The van der Waals surface area contributed by atoms with Crippen LogP contribution in [0.25, 0.3) is 0 Å². The van der Waals surface area contributed by atoms with Gasteiger partial charge in [0.25, 0.3) is 5.91 Å². The number of hydrogen-bond donors (Lipinski definition) is 2. The average Bonchev–Trinajstić information content (AvgIpc) is 2.59. The Morgan fingerprint density at radius 1 is 1.79 bits per heavy atom. The van der Waals surface area contributed by atoms with E-state index in [0.717, 1.165) is 9.99 Å². The summed E-state index contributed by atoms with van der Waals surface area (Å²) in [4.78, 5) is 11.5. The van der Waals surface area contributed by atoms with Gasteiger partial charge in [-0.25, -0.2) is 0 Å². The Labute approximate surface area is 95.7 Å². The summed E-state index contributed by atoms with van der Waals surface area (Å²) < 4.78 is 5.69. The minimum absolute atomic E-state index is 0.122. The third-order valence-corrected chi connectivity index (χ3v) is 2.45. The van der Waals surface area contributed by atoms with Crippen molar-refractivity contribution < 1.29 is 9.53 Å². The average molecular weight is 309 g/mol. The summed E-state index contributed by atoms with van der Waals surface area (Å²) in [6.07, 6.45) is 2.43. The molecule has 0 fully saturated rings. The maximum Gasteiger partial charge on any atom is 0.270 e. The van der Waals surface area contributed by atoms with E-state index in [1.807, 2.05) is 0 Å². The minimum atomic E-state index is -0.122. The van der Waals surface area contributed by atoms with Crippen molar-refractivity contribution in [3.8, 4) is 0 Å². The fraction of sp³-hybridized carbons (Fsp3) is 0.500. The van der Waals surface area contributed by atoms with Gasteiger partial charge in [-0.1, -0.05) is 0 Å². The van der Waals surface area contributed by atoms with Gasteiger partial charge >= 0.3 is 0 Å². The maximum atomic E-state index is 11.5. The Kier molecular flexibility index (Phi) is 4.88. The lowest BCUT2D eigenvalue weighted by atomic mass is 10.4. The van der Waals surface area contributed by atoms with Gasteiger partial charge in [-0.05, 0) is 29.0 Å². The maximum absolute atomic E-state index is 11.5. The Hall–Kier alpha value is -0.630. The molecule has 1 amide bonds. The van der Waals surface area contributed by atoms with Crippen LogP contribution in [-0.4, -0.2) is 36.4 Å². The molecule has 14 heavy (non-hydrogen) atoms. The van der Waals surface area contributed by atoms with E-state index < -0.39 is 0 Å². The van der Waals surface area contributed by atoms with Gasteiger partial charge in [0, 0.05) is 20.3 Å². The van der Waals surface area contributed by atoms with Crippen LogP contribution in [0.5, 0.6) is 0 Å². The number of nitrogens with zero attached hydrogens (tertiary/aromatic N) is 1. The summed E-state index contributed by atoms with van der Waals surface area (Å²) in [6.45, 7) is 1.27. The zero-order valence-electron chi connectivity index (χ0n) is 7.84. The fourth-order valence-corrected chi connectivity index (χ4v) is 1.44. The van der Waals surface area contributed by atoms with Gasteiger partial charge in [0.2, 0.25) is 0 Å². The van der Waals surface area contributed by atoms with E-state index in [-0.39, 0.29) is 5.91 Å². The highest BCUT2D eigenvalue weighted by Crippen LogP contribution is 2.06. The van der Waals surface area contributed by atoms with E-state index in [4.69, 9.17) is 4.74 Å². The molecule has 1 heterocycles. The Morgan fingerprint density at radius 2 is 2.57 bits per heavy atom. The summed E-state index contributed by atoms with van der Waals surface area (Å²) in [5.74, 6) is -0.122. The molecule has 0 saturated carbocycles. The molecule has 0 atom stereocenters. The van der Waals surface area contributed by atoms with E-state index >= 15 is 0 Å². The van der Waals surface area contributed by atoms with Crippen LogP contribution in [0.3, 0.4) is 0 Å². The summed E-state index contributed by atoms with van der Waals surface area (Å²) >= 11 is 2.06. The smallest absolute Gasteiger partial charge is 0.270 e. The van der Waals surface area contributed by atoms with E-state index in [0.29, 0.717) is 18.8 Å². The lowest BCUT2D eigenvalue weighted by Gasteiger charge is -2.02. The molecule has 0 aliphatic rings. The van der Waals surface area contributed by atoms with Crippen LogP contribution in [0.1, 0.15) is 16.9 Å². The van der Waals surface area contributed by atoms with Gasteiger partial charge in [-0.3, -0.25) is 9.89 Å². The molecule has 0 aliphatic carbocycles. The predicted molar refractivity (Wildman–Crippen MR) is 60.1 cm³/mol. The zero-order valence-corrected chi connectivity index (χ0v) is 10.00. The SMILES string of the molecule is COCCCNC(=O)c1[nH]ncc1I. The highest BCUT2D eigenvalue weighted by Gasteiger charge is 2.10. The van der Waals surface area contributed by atoms with Crippen LogP contribution in [-0.2, 0) is 4.74 Å². The number of carbonyl (C=O) groups excluding carboxylic acids is 1. The molecule has 0 spiro atoms. The van der Waals surface area contributed by atoms with Crippen molar-refractivity contribution in [2.75, 3.05) is 20.3 Å². The largest absolute Gasteiger partial charge is 0.385 e. The van der Waals surface area contributed by atoms with Gasteiger partial charge in [0.05, 0.1) is 9.77 Å². The normalized spacial score (nSPS) is 10.1. The molecule has 1 aromatic rings. The standard InChI is InChI=1S/C8H12IN3O2/c1-14-4-2-3-10-8(13)7-6(9)5-11-12-7/h5H,2-4H2,1H3,(H,10,13)(H,11,12). The number of nitrogens with one attached hydrogen (secondary N) is 2. The summed E-state index contributed by atoms with van der Waals surface area (Å²) in [5, 5.41) is 9.18. The lowest BCUT2D eigenvalue weighted by molar-refractivity contribution is 0.0942. The molecule has 1 aromatic heterocycles. The number of halogens is 1. The molecule has 0 radical (unpaired) electrons. The van der Waals surface area contributed by atoms with Gasteiger partial charge in [0.15, 0.2) is 0 Å². The second-order valence-electron chi connectivity index (χ2n) is 2.70. The van der Waals surface area contributed by atoms with Crippen LogP contribution in [0.4, 0.5) is 0 Å². The van der Waals surface area contributed by atoms with Crippen LogP contribution in [0.2, 0.25) is 0 Å². The van der Waals surface area contributed by atoms with E-state index in [2.05, 4.69) is 38.1 Å². The van der Waals surface area contributed by atoms with Crippen molar-refractivity contribution in [3.63, 3.8) is 0 Å². The molecule has 0 saturated heterocycles. The number of carbonyl (C=O) groups is 1. The molecule has 0 unspecified atom stereocenters. The third-order valence-electron chi connectivity index (χ3n) is 1.63. The van der Waals surface area contributed by atoms with E-state index in [1.54, 1.807) is 13.3 Å². The quantitative estimate of drug-likeness (QED) is 0.624. The van der Waals surface area contributed by atoms with Gasteiger partial charge in [0.1, 0.15) is 5.69 Å². The first-order chi connectivity index (χ1) is 6.75. The lowest BCUT2D eigenvalue weighted by Crippen LogP contribution is -2.26. The highest BCUT2D eigenvalue weighted by atomic mass is 127. The molecule has 78 valence electrons. The molecule has 0 aliphatic heterocycles. The summed E-state index contributed by atoms with van der Waals surface area (Å²) in [6, 6.07) is 0. The number of aromatic amines is 1. The summed E-state index contributed by atoms with van der Waals surface area (Å²) in [5.41, 5.74) is 0.517. The molecule has 0 bridgehead atoms. The molecule has 0 aromatic carbocycles. The topological polar surface area (TPSA) is 67.0 Å². The minimum Gasteiger partial charge on any atom is -0.385 e. The van der Waals surface area contributed by atoms with Crippen LogP contribution < -0.4 is 5.32 Å². The van der Waals surface area contributed by atoms with Crippen LogP contribution in [0, 0.1) is 3.57 Å². The molecule has 6 heteroatoms. The fourth-order valence-electron chi connectivity index (χ4n) is 0.937. The number of H-pyrrole nitrogens is 1. The molecular formula is C8H12IN3O2. The van der Waals surface area contributed by atoms with Gasteiger partial charge in [-0.2, -0.15) is 5.10 Å². The van der Waals surface area contributed by atoms with Crippen molar-refractivity contribution in [2.24, 2.45) is 0 Å². The first-order valence-electron chi connectivity index (χ1n) is 4.21. The Morgan fingerprint density at radius 3 is 3.14 bits per heavy atom. The number of hydrogen-bond acceptors (Lipinski definition) is 3. The first-order valence-corrected chi connectivity index (χ1v) is 5.29. The Balaban J connectivity index is 2.32. The molecular weight excluding hydrogens is 297 g/mol. The summed E-state index contributed by atoms with van der Waals surface area (Å²) in [7, 11) is 1.64. The second-order valence-corrected chi connectivity index (χ2v) is 3.86. The Bertz CT molecular complexity index is 301. The van der Waals surface area contributed by atoms with Crippen LogP contribution >= 0.6 is 22.6 Å². The highest BCUT2D eigenvalue weighted by molar-refractivity contribution is 14.1. The van der Waals surface area contributed by atoms with Crippen molar-refractivity contribution in [1.29, 1.82) is 0 Å². The second kappa shape index (κ2) is 5.97. The van der Waals surface area contributed by atoms with E-state index in [9.17, 15) is 4.79 Å². The molecule has 2 N–H and O–H groups in total. The zero-order chi connectivity index (χ0) is 10.4. The monoisotopic (exact) mass is 309 g/mol. The van der Waals surface area contributed by atoms with Crippen molar-refractivity contribution >= 4 is 28.5 Å². The molecule has 5 nitrogen and oxygen atoms in total.